The molecule has 0 spiro atoms. The van der Waals surface area contributed by atoms with E-state index in [4.69, 9.17) is 10.5 Å². The third kappa shape index (κ3) is 9.40. The van der Waals surface area contributed by atoms with E-state index < -0.39 is 102 Å². The number of β-lactam (4-membered cyclic amide) rings is 1. The van der Waals surface area contributed by atoms with Crippen molar-refractivity contribution in [2.24, 2.45) is 11.1 Å². The molecule has 1 fully saturated rings. The molecule has 2 aliphatic rings. The number of rotatable bonds is 19. The lowest BCUT2D eigenvalue weighted by molar-refractivity contribution is -0.183. The van der Waals surface area contributed by atoms with Crippen molar-refractivity contribution >= 4 is 59.3 Å². The molecular weight excluding hydrogens is 606 g/mol. The number of carboxylic acid groups (broad SMARTS) is 3. The number of nitrogens with one attached hydrogen (secondary N) is 3. The molecule has 0 bridgehead atoms. The first kappa shape index (κ1) is 36.0. The van der Waals surface area contributed by atoms with E-state index in [2.05, 4.69) is 16.0 Å². The van der Waals surface area contributed by atoms with Gasteiger partial charge in [0.15, 0.2) is 0 Å². The van der Waals surface area contributed by atoms with Gasteiger partial charge in [-0.15, -0.1) is 11.8 Å². The van der Waals surface area contributed by atoms with Gasteiger partial charge in [-0.3, -0.25) is 28.8 Å². The molecule has 244 valence electrons. The van der Waals surface area contributed by atoms with Crippen molar-refractivity contribution in [3.63, 3.8) is 0 Å². The maximum Gasteiger partial charge on any atom is 0.326 e. The van der Waals surface area contributed by atoms with Crippen LogP contribution in [-0.2, 0) is 43.1 Å². The van der Waals surface area contributed by atoms with Crippen LogP contribution in [0.4, 0.5) is 0 Å². The number of amides is 4. The number of esters is 1. The predicted octanol–water partition coefficient (Wildman–Crippen LogP) is -1.64. The summed E-state index contributed by atoms with van der Waals surface area (Å²) < 4.78 is 5.09. The van der Waals surface area contributed by atoms with Gasteiger partial charge in [0, 0.05) is 31.7 Å². The Kier molecular flexibility index (Phi) is 13.6. The summed E-state index contributed by atoms with van der Waals surface area (Å²) in [6.45, 7) is 0.701. The van der Waals surface area contributed by atoms with E-state index in [9.17, 15) is 53.7 Å². The quantitative estimate of drug-likeness (QED) is 0.0360. The van der Waals surface area contributed by atoms with E-state index in [-0.39, 0.29) is 12.8 Å². The Morgan fingerprint density at radius 1 is 0.977 bits per heavy atom. The number of thioether (sulfide) groups is 1. The lowest BCUT2D eigenvalue weighted by atomic mass is 9.79. The van der Waals surface area contributed by atoms with E-state index in [1.165, 1.54) is 22.9 Å². The molecule has 1 saturated heterocycles. The van der Waals surface area contributed by atoms with E-state index in [0.717, 1.165) is 6.92 Å². The molecular formula is C26H37N5O12S. The molecule has 0 aromatic carbocycles. The number of carboxylic acids is 3. The summed E-state index contributed by atoms with van der Waals surface area (Å²) >= 11 is 1.20. The Bertz CT molecular complexity index is 1180. The number of fused-ring (bicyclic) bond motifs is 1. The molecule has 18 heteroatoms. The highest BCUT2D eigenvalue weighted by molar-refractivity contribution is 8.00. The summed E-state index contributed by atoms with van der Waals surface area (Å²) in [5.74, 6) is -7.85. The summed E-state index contributed by atoms with van der Waals surface area (Å²) in [5.41, 5.74) is 3.42. The molecule has 8 N–H and O–H groups in total. The van der Waals surface area contributed by atoms with Crippen LogP contribution in [0.25, 0.3) is 0 Å². The fourth-order valence-electron chi connectivity index (χ4n) is 4.54. The average Bonchev–Trinajstić information content (AvgIpc) is 2.96. The van der Waals surface area contributed by atoms with Crippen LogP contribution < -0.4 is 21.7 Å². The van der Waals surface area contributed by atoms with Crippen molar-refractivity contribution in [3.05, 3.63) is 12.3 Å². The predicted molar refractivity (Wildman–Crippen MR) is 151 cm³/mol. The zero-order valence-electron chi connectivity index (χ0n) is 24.0. The fourth-order valence-corrected chi connectivity index (χ4v) is 5.80. The van der Waals surface area contributed by atoms with Crippen LogP contribution in [-0.4, -0.2) is 110 Å². The molecule has 0 aliphatic carbocycles. The van der Waals surface area contributed by atoms with Crippen LogP contribution in [0, 0.1) is 5.41 Å². The molecule has 0 radical (unpaired) electrons. The van der Waals surface area contributed by atoms with Gasteiger partial charge in [0.2, 0.25) is 23.1 Å². The summed E-state index contributed by atoms with van der Waals surface area (Å²) in [5, 5.41) is 34.6. The number of hydrogen-bond donors (Lipinski definition) is 7. The van der Waals surface area contributed by atoms with Crippen LogP contribution in [0.5, 0.6) is 0 Å². The minimum absolute atomic E-state index is 0.126. The highest BCUT2D eigenvalue weighted by Crippen LogP contribution is 2.48. The van der Waals surface area contributed by atoms with Gasteiger partial charge in [-0.2, -0.15) is 0 Å². The van der Waals surface area contributed by atoms with Gasteiger partial charge in [0.25, 0.3) is 5.91 Å². The van der Waals surface area contributed by atoms with Crippen molar-refractivity contribution in [3.8, 4) is 0 Å². The number of nitrogens with zero attached hydrogens (tertiary/aromatic N) is 1. The Balaban J connectivity index is 1.94. The molecule has 17 nitrogen and oxygen atoms in total. The Hall–Kier alpha value is -4.19. The third-order valence-electron chi connectivity index (χ3n) is 6.94. The van der Waals surface area contributed by atoms with Crippen LogP contribution in [0.1, 0.15) is 51.9 Å². The molecule has 0 aromatic heterocycles. The standard InChI is InChI=1S/C26H37N5O12S/c1-14(32)28-15(7-9-19(34)43-13-26(25(41)42)23(40)31-11-4-12-44-24(26)31)20(35)30-17(22(38)39)6-8-18(33)29-16(21(36)37)5-2-3-10-27/h4,11,15-17,24H,2-3,5-10,12-13,27H2,1H3,(H,28,32)(H,29,33)(H,30,35)(H,36,37)(H,38,39)(H,41,42)/t15-,16-,17+,24-,26-/m0/s1. The number of carbonyl (C=O) groups is 8. The normalized spacial score (nSPS) is 20.6. The monoisotopic (exact) mass is 643 g/mol. The number of unbranched alkanes of at least 4 members (excludes halogenated alkanes) is 1. The Morgan fingerprint density at radius 2 is 1.61 bits per heavy atom. The van der Waals surface area contributed by atoms with Crippen LogP contribution in [0.15, 0.2) is 12.3 Å². The van der Waals surface area contributed by atoms with Crippen molar-refractivity contribution in [2.75, 3.05) is 18.9 Å². The molecule has 2 heterocycles. The maximum absolute atomic E-state index is 12.9. The second-order valence-electron chi connectivity index (χ2n) is 10.2. The van der Waals surface area contributed by atoms with Crippen LogP contribution in [0.3, 0.4) is 0 Å². The van der Waals surface area contributed by atoms with Crippen molar-refractivity contribution < 1.29 is 58.4 Å². The molecule has 0 unspecified atom stereocenters. The zero-order chi connectivity index (χ0) is 33.0. The smallest absolute Gasteiger partial charge is 0.326 e. The number of carbonyl (C=O) groups excluding carboxylic acids is 5. The summed E-state index contributed by atoms with van der Waals surface area (Å²) in [6.07, 6.45) is 2.59. The summed E-state index contributed by atoms with van der Waals surface area (Å²) in [4.78, 5) is 98.2. The molecule has 2 aliphatic heterocycles. The molecule has 0 aromatic rings. The van der Waals surface area contributed by atoms with Crippen LogP contribution in [0.2, 0.25) is 0 Å². The maximum atomic E-state index is 12.9. The minimum atomic E-state index is -1.96. The second kappa shape index (κ2) is 16.6. The van der Waals surface area contributed by atoms with E-state index in [1.807, 2.05) is 0 Å². The number of ether oxygens (including phenoxy) is 1. The SMILES string of the molecule is CC(=O)N[C@@H](CCC(=O)OC[C@]1(C(=O)O)C(=O)N2C=CCS[C@H]21)C(=O)N[C@H](CCC(=O)N[C@@H](CCCCN)C(=O)O)C(=O)O. The third-order valence-corrected chi connectivity index (χ3v) is 8.27. The zero-order valence-corrected chi connectivity index (χ0v) is 24.8. The Morgan fingerprint density at radius 3 is 2.20 bits per heavy atom. The first-order valence-corrected chi connectivity index (χ1v) is 14.8. The van der Waals surface area contributed by atoms with Crippen molar-refractivity contribution in [2.45, 2.75) is 75.4 Å². The van der Waals surface area contributed by atoms with E-state index in [1.54, 1.807) is 6.08 Å². The molecule has 0 saturated carbocycles. The van der Waals surface area contributed by atoms with Gasteiger partial charge in [-0.25, -0.2) is 9.59 Å². The van der Waals surface area contributed by atoms with Crippen LogP contribution >= 0.6 is 11.8 Å². The van der Waals surface area contributed by atoms with Gasteiger partial charge in [0.1, 0.15) is 30.1 Å². The lowest BCUT2D eigenvalue weighted by Crippen LogP contribution is -2.71. The van der Waals surface area contributed by atoms with Gasteiger partial charge in [-0.05, 0) is 38.6 Å². The Labute approximate surface area is 256 Å². The highest BCUT2D eigenvalue weighted by Gasteiger charge is 2.67. The minimum Gasteiger partial charge on any atom is -0.480 e. The first-order chi connectivity index (χ1) is 20.7. The molecule has 2 rings (SSSR count). The average molecular weight is 644 g/mol. The van der Waals surface area contributed by atoms with Gasteiger partial charge >= 0.3 is 23.9 Å². The van der Waals surface area contributed by atoms with E-state index in [0.29, 0.717) is 25.1 Å². The summed E-state index contributed by atoms with van der Waals surface area (Å²) in [6, 6.07) is -4.19. The number of nitrogens with two attached hydrogens (primary N) is 1. The van der Waals surface area contributed by atoms with Gasteiger partial charge < -0.3 is 46.6 Å². The van der Waals surface area contributed by atoms with Crippen molar-refractivity contribution in [1.29, 1.82) is 0 Å². The highest BCUT2D eigenvalue weighted by atomic mass is 32.2. The largest absolute Gasteiger partial charge is 0.480 e. The summed E-state index contributed by atoms with van der Waals surface area (Å²) in [7, 11) is 0. The second-order valence-corrected chi connectivity index (χ2v) is 11.3. The molecule has 44 heavy (non-hydrogen) atoms. The number of aliphatic carboxylic acids is 3. The number of hydrogen-bond acceptors (Lipinski definition) is 11. The van der Waals surface area contributed by atoms with Crippen molar-refractivity contribution in [1.82, 2.24) is 20.9 Å². The van der Waals surface area contributed by atoms with Gasteiger partial charge in [0.05, 0.1) is 0 Å². The molecule has 5 atom stereocenters. The lowest BCUT2D eigenvalue weighted by Gasteiger charge is -2.52. The van der Waals surface area contributed by atoms with Gasteiger partial charge in [-0.1, -0.05) is 6.08 Å². The fraction of sp³-hybridized carbons (Fsp3) is 0.615. The molecule has 4 amide bonds. The van der Waals surface area contributed by atoms with E-state index >= 15 is 0 Å². The first-order valence-electron chi connectivity index (χ1n) is 13.8. The topological polar surface area (TPSA) is 272 Å².